The number of benzene rings is 1. The lowest BCUT2D eigenvalue weighted by Gasteiger charge is -2.20. The van der Waals surface area contributed by atoms with E-state index in [1.165, 1.54) is 5.69 Å². The van der Waals surface area contributed by atoms with E-state index >= 15 is 0 Å². The average molecular weight is 345 g/mol. The number of aliphatic imine (C=N–C) groups is 1. The number of nitrogens with zero attached hydrogens (tertiary/aromatic N) is 3. The standard InChI is InChI=1S/C18H24N4OS/c1-3-21(4-2)15-7-5-14(6-8-15)13-16-17(19)20-18(24-16)22-9-11-23-12-10-22/h5-8,13,19H,3-4,9-12H2,1-2H3/p+1/b16-13-. The van der Waals surface area contributed by atoms with Crippen LogP contribution < -0.4 is 10.6 Å². The third-order valence-corrected chi connectivity index (χ3v) is 5.35. The number of thioether (sulfide) groups is 1. The normalized spacial score (nSPS) is 19.8. The van der Waals surface area contributed by atoms with Gasteiger partial charge in [0.1, 0.15) is 13.1 Å². The summed E-state index contributed by atoms with van der Waals surface area (Å²) in [6.07, 6.45) is 2.11. The molecule has 2 aliphatic heterocycles. The fourth-order valence-corrected chi connectivity index (χ4v) is 3.84. The Bertz CT molecular complexity index is 667. The van der Waals surface area contributed by atoms with Crippen molar-refractivity contribution in [3.05, 3.63) is 34.7 Å². The molecule has 6 heteroatoms. The SMILES string of the molecule is CCN(CC)c1ccc(/C=C2\SC(=[N+]3CCOCC3)N=C2N)cc1. The summed E-state index contributed by atoms with van der Waals surface area (Å²) in [4.78, 5) is 7.89. The van der Waals surface area contributed by atoms with Crippen molar-refractivity contribution in [2.75, 3.05) is 44.3 Å². The molecule has 1 aromatic rings. The number of ether oxygens (including phenoxy) is 1. The van der Waals surface area contributed by atoms with E-state index in [-0.39, 0.29) is 0 Å². The lowest BCUT2D eigenvalue weighted by Crippen LogP contribution is -2.31. The minimum absolute atomic E-state index is 0.606. The van der Waals surface area contributed by atoms with Crippen molar-refractivity contribution in [1.82, 2.24) is 0 Å². The van der Waals surface area contributed by atoms with E-state index in [0.29, 0.717) is 5.84 Å². The first-order valence-corrected chi connectivity index (χ1v) is 9.31. The molecule has 2 aliphatic rings. The maximum absolute atomic E-state index is 6.12. The van der Waals surface area contributed by atoms with Crippen LogP contribution in [0, 0.1) is 0 Å². The zero-order chi connectivity index (χ0) is 16.9. The van der Waals surface area contributed by atoms with Gasteiger partial charge in [-0.05, 0) is 42.6 Å². The van der Waals surface area contributed by atoms with Crippen molar-refractivity contribution < 1.29 is 9.31 Å². The van der Waals surface area contributed by atoms with E-state index < -0.39 is 0 Å². The highest BCUT2D eigenvalue weighted by atomic mass is 32.2. The maximum atomic E-state index is 6.12. The molecule has 0 unspecified atom stereocenters. The fraction of sp³-hybridized carbons (Fsp3) is 0.444. The van der Waals surface area contributed by atoms with E-state index in [4.69, 9.17) is 10.5 Å². The molecule has 0 aromatic heterocycles. The van der Waals surface area contributed by atoms with E-state index in [2.05, 4.69) is 58.7 Å². The molecule has 24 heavy (non-hydrogen) atoms. The molecule has 3 rings (SSSR count). The first kappa shape index (κ1) is 17.0. The zero-order valence-electron chi connectivity index (χ0n) is 14.4. The molecule has 2 N–H and O–H groups in total. The molecule has 128 valence electrons. The van der Waals surface area contributed by atoms with Gasteiger partial charge in [0, 0.05) is 30.5 Å². The summed E-state index contributed by atoms with van der Waals surface area (Å²) in [6.45, 7) is 9.66. The number of hydrogen-bond acceptors (Lipinski definition) is 4. The van der Waals surface area contributed by atoms with Crippen LogP contribution in [0.4, 0.5) is 5.69 Å². The van der Waals surface area contributed by atoms with E-state index in [9.17, 15) is 0 Å². The molecule has 1 saturated heterocycles. The Morgan fingerprint density at radius 1 is 1.21 bits per heavy atom. The van der Waals surface area contributed by atoms with Gasteiger partial charge in [0.15, 0.2) is 0 Å². The first-order chi connectivity index (χ1) is 11.7. The van der Waals surface area contributed by atoms with Gasteiger partial charge in [0.05, 0.1) is 18.1 Å². The van der Waals surface area contributed by atoms with Crippen LogP contribution in [0.5, 0.6) is 0 Å². The number of hydrogen-bond donors (Lipinski definition) is 1. The third kappa shape index (κ3) is 3.82. The Balaban J connectivity index is 1.76. The summed E-state index contributed by atoms with van der Waals surface area (Å²) in [5, 5.41) is 0.988. The van der Waals surface area contributed by atoms with Gasteiger partial charge in [-0.2, -0.15) is 0 Å². The quantitative estimate of drug-likeness (QED) is 0.851. The predicted molar refractivity (Wildman–Crippen MR) is 103 cm³/mol. The van der Waals surface area contributed by atoms with Crippen LogP contribution in [0.1, 0.15) is 19.4 Å². The maximum Gasteiger partial charge on any atom is 0.362 e. The molecular formula is C18H25N4OS+. The van der Waals surface area contributed by atoms with Crippen molar-refractivity contribution in [3.8, 4) is 0 Å². The molecule has 0 spiro atoms. The van der Waals surface area contributed by atoms with Gasteiger partial charge in [-0.1, -0.05) is 12.1 Å². The van der Waals surface area contributed by atoms with Crippen LogP contribution in [0.25, 0.3) is 6.08 Å². The van der Waals surface area contributed by atoms with E-state index in [0.717, 1.165) is 55.0 Å². The molecule has 1 aromatic carbocycles. The Labute approximate surface area is 147 Å². The highest BCUT2D eigenvalue weighted by Crippen LogP contribution is 2.28. The van der Waals surface area contributed by atoms with E-state index in [1.54, 1.807) is 11.8 Å². The van der Waals surface area contributed by atoms with Gasteiger partial charge in [-0.25, -0.2) is 4.58 Å². The first-order valence-electron chi connectivity index (χ1n) is 8.50. The highest BCUT2D eigenvalue weighted by molar-refractivity contribution is 8.18. The lowest BCUT2D eigenvalue weighted by atomic mass is 10.1. The fourth-order valence-electron chi connectivity index (χ4n) is 2.85. The Hall–Kier alpha value is -1.79. The van der Waals surface area contributed by atoms with Crippen molar-refractivity contribution >= 4 is 34.5 Å². The van der Waals surface area contributed by atoms with Crippen LogP contribution in [-0.4, -0.2) is 55.0 Å². The second-order valence-electron chi connectivity index (χ2n) is 5.75. The highest BCUT2D eigenvalue weighted by Gasteiger charge is 2.29. The van der Waals surface area contributed by atoms with Gasteiger partial charge >= 0.3 is 5.17 Å². The van der Waals surface area contributed by atoms with Crippen LogP contribution in [-0.2, 0) is 4.74 Å². The molecule has 0 aliphatic carbocycles. The van der Waals surface area contributed by atoms with Crippen LogP contribution in [0.2, 0.25) is 0 Å². The van der Waals surface area contributed by atoms with E-state index in [1.807, 2.05) is 0 Å². The third-order valence-electron chi connectivity index (χ3n) is 4.27. The molecule has 0 amide bonds. The largest absolute Gasteiger partial charge is 0.373 e. The Kier molecular flexibility index (Phi) is 5.58. The van der Waals surface area contributed by atoms with Gasteiger partial charge < -0.3 is 15.4 Å². The van der Waals surface area contributed by atoms with Gasteiger partial charge in [-0.3, -0.25) is 0 Å². The van der Waals surface area contributed by atoms with Crippen molar-refractivity contribution in [2.24, 2.45) is 10.7 Å². The predicted octanol–water partition coefficient (Wildman–Crippen LogP) is 2.38. The van der Waals surface area contributed by atoms with Crippen molar-refractivity contribution in [3.63, 3.8) is 0 Å². The number of nitrogens with two attached hydrogens (primary N) is 1. The summed E-state index contributed by atoms with van der Waals surface area (Å²) in [5.74, 6) is 0.606. The summed E-state index contributed by atoms with van der Waals surface area (Å²) >= 11 is 1.65. The number of morpholine rings is 1. The lowest BCUT2D eigenvalue weighted by molar-refractivity contribution is -0.547. The second-order valence-corrected chi connectivity index (χ2v) is 6.76. The van der Waals surface area contributed by atoms with Crippen LogP contribution in [0.3, 0.4) is 0 Å². The second kappa shape index (κ2) is 7.85. The molecule has 2 heterocycles. The minimum atomic E-state index is 0.606. The molecular weight excluding hydrogens is 320 g/mol. The Morgan fingerprint density at radius 3 is 2.50 bits per heavy atom. The molecule has 0 bridgehead atoms. The smallest absolute Gasteiger partial charge is 0.362 e. The van der Waals surface area contributed by atoms with Crippen LogP contribution >= 0.6 is 11.8 Å². The molecule has 1 fully saturated rings. The molecule has 0 radical (unpaired) electrons. The number of amidine groups is 2. The minimum Gasteiger partial charge on any atom is -0.373 e. The summed E-state index contributed by atoms with van der Waals surface area (Å²) < 4.78 is 7.64. The van der Waals surface area contributed by atoms with Crippen molar-refractivity contribution in [1.29, 1.82) is 0 Å². The van der Waals surface area contributed by atoms with Crippen molar-refractivity contribution in [2.45, 2.75) is 13.8 Å². The summed E-state index contributed by atoms with van der Waals surface area (Å²) in [7, 11) is 0. The zero-order valence-corrected chi connectivity index (χ0v) is 15.2. The monoisotopic (exact) mass is 345 g/mol. The van der Waals surface area contributed by atoms with Crippen LogP contribution in [0.15, 0.2) is 34.2 Å². The molecule has 5 nitrogen and oxygen atoms in total. The van der Waals surface area contributed by atoms with Gasteiger partial charge in [0.2, 0.25) is 0 Å². The summed E-state index contributed by atoms with van der Waals surface area (Å²) in [5.41, 5.74) is 8.52. The summed E-state index contributed by atoms with van der Waals surface area (Å²) in [6, 6.07) is 8.61. The van der Waals surface area contributed by atoms with Gasteiger partial charge in [-0.15, -0.1) is 0 Å². The number of rotatable bonds is 4. The molecule has 0 saturated carbocycles. The Morgan fingerprint density at radius 2 is 1.88 bits per heavy atom. The van der Waals surface area contributed by atoms with Gasteiger partial charge in [0.25, 0.3) is 5.84 Å². The average Bonchev–Trinajstić information content (AvgIpc) is 2.99. The molecule has 0 atom stereocenters. The topological polar surface area (TPSA) is 53.9 Å². The number of anilines is 1.